The minimum atomic E-state index is -0.214. The summed E-state index contributed by atoms with van der Waals surface area (Å²) >= 11 is 0. The highest BCUT2D eigenvalue weighted by atomic mass is 16.5. The van der Waals surface area contributed by atoms with Crippen molar-refractivity contribution < 1.29 is 23.9 Å². The Bertz CT molecular complexity index is 870. The Morgan fingerprint density at radius 2 is 1.94 bits per heavy atom. The highest BCUT2D eigenvalue weighted by Gasteiger charge is 2.33. The van der Waals surface area contributed by atoms with E-state index in [1.54, 1.807) is 44.2 Å². The number of hydrogen-bond donors (Lipinski definition) is 1. The lowest BCUT2D eigenvalue weighted by atomic mass is 10.0. The van der Waals surface area contributed by atoms with Gasteiger partial charge in [0.1, 0.15) is 12.4 Å². The molecule has 1 saturated carbocycles. The van der Waals surface area contributed by atoms with Crippen LogP contribution in [0.4, 0.5) is 5.69 Å². The van der Waals surface area contributed by atoms with Gasteiger partial charge in [0.05, 0.1) is 17.7 Å². The highest BCUT2D eigenvalue weighted by molar-refractivity contribution is 5.98. The molecule has 0 unspecified atom stereocenters. The SMILES string of the molecule is CCC(=O)Nc1ccc2c(c1)OC[C@@H](C)N(C(=O)CC1CC1)C[C@H](C)[C@@H](OC)CN(C)C2=O. The molecule has 1 aromatic rings. The number of nitrogens with zero attached hydrogens (tertiary/aromatic N) is 2. The van der Waals surface area contributed by atoms with Crippen LogP contribution in [0, 0.1) is 11.8 Å². The van der Waals surface area contributed by atoms with E-state index < -0.39 is 0 Å². The average Bonchev–Trinajstić information content (AvgIpc) is 3.61. The first kappa shape index (κ1) is 25.0. The maximum absolute atomic E-state index is 13.2. The number of likely N-dealkylation sites (N-methyl/N-ethyl adjacent to an activating group) is 1. The van der Waals surface area contributed by atoms with E-state index in [-0.39, 0.29) is 42.4 Å². The Morgan fingerprint density at radius 1 is 1.21 bits per heavy atom. The monoisotopic (exact) mass is 459 g/mol. The predicted octanol–water partition coefficient (Wildman–Crippen LogP) is 3.17. The zero-order valence-corrected chi connectivity index (χ0v) is 20.4. The Morgan fingerprint density at radius 3 is 2.58 bits per heavy atom. The molecule has 0 aromatic heterocycles. The van der Waals surface area contributed by atoms with E-state index in [1.165, 1.54) is 0 Å². The van der Waals surface area contributed by atoms with Crippen LogP contribution in [0.2, 0.25) is 0 Å². The number of ether oxygens (including phenoxy) is 2. The van der Waals surface area contributed by atoms with Gasteiger partial charge in [-0.15, -0.1) is 0 Å². The van der Waals surface area contributed by atoms with E-state index in [1.807, 2.05) is 11.8 Å². The molecule has 33 heavy (non-hydrogen) atoms. The summed E-state index contributed by atoms with van der Waals surface area (Å²) in [6.45, 7) is 6.98. The minimum Gasteiger partial charge on any atom is -0.491 e. The van der Waals surface area contributed by atoms with Gasteiger partial charge in [0, 0.05) is 57.8 Å². The van der Waals surface area contributed by atoms with Crippen molar-refractivity contribution in [1.29, 1.82) is 0 Å². The number of hydrogen-bond acceptors (Lipinski definition) is 5. The normalized spacial score (nSPS) is 24.3. The number of anilines is 1. The summed E-state index contributed by atoms with van der Waals surface area (Å²) < 4.78 is 11.8. The molecule has 8 nitrogen and oxygen atoms in total. The Balaban J connectivity index is 1.92. The third-order valence-corrected chi connectivity index (χ3v) is 6.53. The van der Waals surface area contributed by atoms with Crippen molar-refractivity contribution >= 4 is 23.4 Å². The van der Waals surface area contributed by atoms with Crippen molar-refractivity contribution in [2.45, 2.75) is 58.6 Å². The molecule has 1 fully saturated rings. The molecule has 1 aromatic carbocycles. The van der Waals surface area contributed by atoms with Gasteiger partial charge in [-0.2, -0.15) is 0 Å². The van der Waals surface area contributed by atoms with E-state index in [9.17, 15) is 14.4 Å². The number of benzene rings is 1. The first-order valence-corrected chi connectivity index (χ1v) is 11.9. The van der Waals surface area contributed by atoms with Crippen LogP contribution in [0.15, 0.2) is 18.2 Å². The fourth-order valence-electron chi connectivity index (χ4n) is 4.13. The lowest BCUT2D eigenvalue weighted by Crippen LogP contribution is -2.48. The van der Waals surface area contributed by atoms with Crippen LogP contribution >= 0.6 is 0 Å². The van der Waals surface area contributed by atoms with Crippen LogP contribution < -0.4 is 10.1 Å². The molecule has 2 aliphatic rings. The van der Waals surface area contributed by atoms with Gasteiger partial charge in [-0.3, -0.25) is 14.4 Å². The standard InChI is InChI=1S/C25H37N3O5/c1-6-23(29)26-19-9-10-20-21(12-19)33-15-17(3)28(24(30)11-18-7-8-18)13-16(2)22(32-5)14-27(4)25(20)31/h9-10,12,16-18,22H,6-8,11,13-15H2,1-5H3,(H,26,29)/t16-,17+,22-/m0/s1. The fourth-order valence-corrected chi connectivity index (χ4v) is 4.13. The second-order valence-corrected chi connectivity index (χ2v) is 9.40. The summed E-state index contributed by atoms with van der Waals surface area (Å²) in [4.78, 5) is 41.7. The molecular formula is C25H37N3O5. The number of nitrogens with one attached hydrogen (secondary N) is 1. The second kappa shape index (κ2) is 11.0. The van der Waals surface area contributed by atoms with Gasteiger partial charge < -0.3 is 24.6 Å². The van der Waals surface area contributed by atoms with Gasteiger partial charge in [-0.1, -0.05) is 13.8 Å². The molecule has 1 aliphatic carbocycles. The van der Waals surface area contributed by atoms with Crippen molar-refractivity contribution in [3.05, 3.63) is 23.8 Å². The smallest absolute Gasteiger partial charge is 0.257 e. The number of methoxy groups -OCH3 is 1. The van der Waals surface area contributed by atoms with Crippen LogP contribution in [0.5, 0.6) is 5.75 Å². The zero-order chi connectivity index (χ0) is 24.1. The van der Waals surface area contributed by atoms with Crippen molar-refractivity contribution in [3.63, 3.8) is 0 Å². The predicted molar refractivity (Wildman–Crippen MR) is 126 cm³/mol. The van der Waals surface area contributed by atoms with Gasteiger partial charge >= 0.3 is 0 Å². The lowest BCUT2D eigenvalue weighted by Gasteiger charge is -2.36. The maximum atomic E-state index is 13.2. The fraction of sp³-hybridized carbons (Fsp3) is 0.640. The summed E-state index contributed by atoms with van der Waals surface area (Å²) in [6.07, 6.45) is 2.94. The molecule has 3 rings (SSSR count). The first-order valence-electron chi connectivity index (χ1n) is 11.9. The minimum absolute atomic E-state index is 0.0429. The molecule has 1 heterocycles. The number of carbonyl (C=O) groups excluding carboxylic acids is 3. The van der Waals surface area contributed by atoms with Crippen molar-refractivity contribution in [2.75, 3.05) is 39.2 Å². The molecular weight excluding hydrogens is 422 g/mol. The van der Waals surface area contributed by atoms with Crippen LogP contribution in [0.25, 0.3) is 0 Å². The molecule has 182 valence electrons. The average molecular weight is 460 g/mol. The quantitative estimate of drug-likeness (QED) is 0.731. The number of carbonyl (C=O) groups is 3. The van der Waals surface area contributed by atoms with Crippen LogP contribution in [-0.4, -0.2) is 73.5 Å². The van der Waals surface area contributed by atoms with E-state index in [0.717, 1.165) is 12.8 Å². The number of fused-ring (bicyclic) bond motifs is 1. The van der Waals surface area contributed by atoms with E-state index in [4.69, 9.17) is 9.47 Å². The van der Waals surface area contributed by atoms with Gasteiger partial charge in [-0.05, 0) is 37.8 Å². The van der Waals surface area contributed by atoms with Gasteiger partial charge in [-0.25, -0.2) is 0 Å². The van der Waals surface area contributed by atoms with Crippen molar-refractivity contribution in [1.82, 2.24) is 9.80 Å². The molecule has 1 aliphatic heterocycles. The summed E-state index contributed by atoms with van der Waals surface area (Å²) in [5.74, 6) is 0.776. The lowest BCUT2D eigenvalue weighted by molar-refractivity contribution is -0.135. The van der Waals surface area contributed by atoms with Gasteiger partial charge in [0.25, 0.3) is 5.91 Å². The van der Waals surface area contributed by atoms with Gasteiger partial charge in [0.15, 0.2) is 0 Å². The van der Waals surface area contributed by atoms with E-state index in [0.29, 0.717) is 48.8 Å². The van der Waals surface area contributed by atoms with Crippen LogP contribution in [-0.2, 0) is 14.3 Å². The largest absolute Gasteiger partial charge is 0.491 e. The molecule has 0 saturated heterocycles. The summed E-state index contributed by atoms with van der Waals surface area (Å²) in [7, 11) is 3.38. The zero-order valence-electron chi connectivity index (χ0n) is 20.4. The third kappa shape index (κ3) is 6.47. The van der Waals surface area contributed by atoms with Crippen LogP contribution in [0.3, 0.4) is 0 Å². The van der Waals surface area contributed by atoms with Gasteiger partial charge in [0.2, 0.25) is 11.8 Å². The van der Waals surface area contributed by atoms with E-state index in [2.05, 4.69) is 12.2 Å². The molecule has 0 bridgehead atoms. The number of amides is 3. The summed E-state index contributed by atoms with van der Waals surface area (Å²) in [5, 5.41) is 2.81. The Hall–Kier alpha value is -2.61. The molecule has 0 spiro atoms. The third-order valence-electron chi connectivity index (χ3n) is 6.53. The van der Waals surface area contributed by atoms with Crippen molar-refractivity contribution in [2.24, 2.45) is 11.8 Å². The Labute approximate surface area is 196 Å². The number of rotatable bonds is 5. The Kier molecular flexibility index (Phi) is 8.35. The second-order valence-electron chi connectivity index (χ2n) is 9.40. The van der Waals surface area contributed by atoms with E-state index >= 15 is 0 Å². The molecule has 0 radical (unpaired) electrons. The highest BCUT2D eigenvalue weighted by Crippen LogP contribution is 2.33. The van der Waals surface area contributed by atoms with Crippen molar-refractivity contribution in [3.8, 4) is 5.75 Å². The maximum Gasteiger partial charge on any atom is 0.257 e. The molecule has 1 N–H and O–H groups in total. The summed E-state index contributed by atoms with van der Waals surface area (Å²) in [5.41, 5.74) is 0.985. The molecule has 3 atom stereocenters. The molecule has 3 amide bonds. The van der Waals surface area contributed by atoms with Crippen LogP contribution in [0.1, 0.15) is 56.8 Å². The first-order chi connectivity index (χ1) is 15.7. The topological polar surface area (TPSA) is 88.2 Å². The molecule has 8 heteroatoms. The summed E-state index contributed by atoms with van der Waals surface area (Å²) in [6, 6.07) is 4.89.